The number of hydrogen-bond donors (Lipinski definition) is 0. The van der Waals surface area contributed by atoms with Crippen LogP contribution in [0.5, 0.6) is 0 Å². The molecule has 2 heteroatoms. The number of allylic oxidation sites excluding steroid dienone is 1. The van der Waals surface area contributed by atoms with Gasteiger partial charge in [-0.3, -0.25) is 0 Å². The SMILES string of the molecule is C/C=C\c1c(CC)sc2c3c(ccc12)C1(c2ccccc2-c2ccccc21)c1cc(Cl)ccc1-3. The van der Waals surface area contributed by atoms with Gasteiger partial charge in [0.1, 0.15) is 0 Å². The molecule has 2 aliphatic rings. The van der Waals surface area contributed by atoms with Gasteiger partial charge in [0.15, 0.2) is 0 Å². The molecule has 5 aromatic rings. The molecule has 7 rings (SSSR count). The smallest absolute Gasteiger partial charge is 0.0726 e. The highest BCUT2D eigenvalue weighted by molar-refractivity contribution is 7.20. The molecule has 0 saturated carbocycles. The summed E-state index contributed by atoms with van der Waals surface area (Å²) in [6, 6.07) is 29.1. The Labute approximate surface area is 209 Å². The highest BCUT2D eigenvalue weighted by Gasteiger charge is 2.52. The summed E-state index contributed by atoms with van der Waals surface area (Å²) in [6.07, 6.45) is 5.47. The van der Waals surface area contributed by atoms with E-state index >= 15 is 0 Å². The second kappa shape index (κ2) is 7.18. The summed E-state index contributed by atoms with van der Waals surface area (Å²) in [5.74, 6) is 0. The first kappa shape index (κ1) is 20.3. The first-order chi connectivity index (χ1) is 16.7. The maximum absolute atomic E-state index is 6.69. The number of halogens is 1. The van der Waals surface area contributed by atoms with Crippen LogP contribution in [0.2, 0.25) is 5.02 Å². The topological polar surface area (TPSA) is 0 Å². The van der Waals surface area contributed by atoms with E-state index in [4.69, 9.17) is 11.6 Å². The molecular formula is C32H23ClS. The molecule has 0 nitrogen and oxygen atoms in total. The molecule has 0 saturated heterocycles. The summed E-state index contributed by atoms with van der Waals surface area (Å²) in [6.45, 7) is 4.37. The molecule has 34 heavy (non-hydrogen) atoms. The van der Waals surface area contributed by atoms with Gasteiger partial charge in [-0.15, -0.1) is 11.3 Å². The minimum Gasteiger partial charge on any atom is -0.139 e. The summed E-state index contributed by atoms with van der Waals surface area (Å²) < 4.78 is 1.39. The molecule has 2 aliphatic carbocycles. The van der Waals surface area contributed by atoms with Crippen molar-refractivity contribution in [1.29, 1.82) is 0 Å². The second-order valence-electron chi connectivity index (χ2n) is 9.19. The predicted molar refractivity (Wildman–Crippen MR) is 147 cm³/mol. The summed E-state index contributed by atoms with van der Waals surface area (Å²) >= 11 is 8.64. The number of aryl methyl sites for hydroxylation is 1. The third-order valence-corrected chi connectivity index (χ3v) is 9.26. The maximum Gasteiger partial charge on any atom is 0.0726 e. The Morgan fingerprint density at radius 2 is 1.50 bits per heavy atom. The van der Waals surface area contributed by atoms with Gasteiger partial charge in [0.2, 0.25) is 0 Å². The van der Waals surface area contributed by atoms with Gasteiger partial charge in [-0.2, -0.15) is 0 Å². The summed E-state index contributed by atoms with van der Waals surface area (Å²) in [4.78, 5) is 1.45. The van der Waals surface area contributed by atoms with Crippen LogP contribution in [-0.4, -0.2) is 0 Å². The van der Waals surface area contributed by atoms with Gasteiger partial charge in [0.05, 0.1) is 5.41 Å². The van der Waals surface area contributed by atoms with Crippen LogP contribution >= 0.6 is 22.9 Å². The number of fused-ring (bicyclic) bond motifs is 12. The van der Waals surface area contributed by atoms with Crippen molar-refractivity contribution < 1.29 is 0 Å². The molecule has 0 radical (unpaired) electrons. The van der Waals surface area contributed by atoms with Gasteiger partial charge in [0, 0.05) is 25.5 Å². The number of hydrogen-bond acceptors (Lipinski definition) is 1. The lowest BCUT2D eigenvalue weighted by molar-refractivity contribution is 0.794. The highest BCUT2D eigenvalue weighted by Crippen LogP contribution is 2.64. The first-order valence-electron chi connectivity index (χ1n) is 11.9. The average molecular weight is 475 g/mol. The third-order valence-electron chi connectivity index (χ3n) is 7.64. The zero-order valence-corrected chi connectivity index (χ0v) is 20.7. The summed E-state index contributed by atoms with van der Waals surface area (Å²) in [5.41, 5.74) is 11.8. The van der Waals surface area contributed by atoms with Crippen LogP contribution in [0.25, 0.3) is 38.4 Å². The minimum absolute atomic E-state index is 0.339. The predicted octanol–water partition coefficient (Wildman–Crippen LogP) is 9.49. The first-order valence-corrected chi connectivity index (χ1v) is 13.1. The lowest BCUT2D eigenvalue weighted by atomic mass is 9.70. The molecule has 0 amide bonds. The van der Waals surface area contributed by atoms with Crippen molar-refractivity contribution in [2.45, 2.75) is 25.7 Å². The van der Waals surface area contributed by atoms with E-state index in [9.17, 15) is 0 Å². The lowest BCUT2D eigenvalue weighted by Gasteiger charge is -2.30. The Bertz CT molecular complexity index is 1620. The fourth-order valence-corrected chi connectivity index (χ4v) is 7.89. The van der Waals surface area contributed by atoms with Crippen molar-refractivity contribution in [3.8, 4) is 22.3 Å². The van der Waals surface area contributed by atoms with Gasteiger partial charge >= 0.3 is 0 Å². The lowest BCUT2D eigenvalue weighted by Crippen LogP contribution is -2.25. The molecule has 0 N–H and O–H groups in total. The van der Waals surface area contributed by atoms with E-state index in [-0.39, 0.29) is 5.41 Å². The molecule has 1 heterocycles. The van der Waals surface area contributed by atoms with Crippen molar-refractivity contribution in [2.75, 3.05) is 0 Å². The summed E-state index contributed by atoms with van der Waals surface area (Å²) in [7, 11) is 0. The normalized spacial score (nSPS) is 14.6. The van der Waals surface area contributed by atoms with Crippen molar-refractivity contribution in [2.24, 2.45) is 0 Å². The van der Waals surface area contributed by atoms with Gasteiger partial charge in [0.25, 0.3) is 0 Å². The molecule has 164 valence electrons. The van der Waals surface area contributed by atoms with E-state index in [0.29, 0.717) is 0 Å². The summed E-state index contributed by atoms with van der Waals surface area (Å²) in [5, 5.41) is 2.15. The largest absolute Gasteiger partial charge is 0.139 e. The van der Waals surface area contributed by atoms with Crippen LogP contribution in [0.3, 0.4) is 0 Å². The van der Waals surface area contributed by atoms with Gasteiger partial charge in [-0.1, -0.05) is 97.4 Å². The monoisotopic (exact) mass is 474 g/mol. The third kappa shape index (κ3) is 2.34. The highest BCUT2D eigenvalue weighted by atomic mass is 35.5. The van der Waals surface area contributed by atoms with Gasteiger partial charge < -0.3 is 0 Å². The maximum atomic E-state index is 6.69. The Morgan fingerprint density at radius 3 is 2.18 bits per heavy atom. The van der Waals surface area contributed by atoms with Crippen LogP contribution in [0.1, 0.15) is 46.5 Å². The minimum atomic E-state index is -0.339. The van der Waals surface area contributed by atoms with E-state index in [1.165, 1.54) is 65.0 Å². The molecule has 0 bridgehead atoms. The Balaban J connectivity index is 1.70. The van der Waals surface area contributed by atoms with Gasteiger partial charge in [-0.25, -0.2) is 0 Å². The second-order valence-corrected chi connectivity index (χ2v) is 10.7. The Morgan fingerprint density at radius 1 is 0.794 bits per heavy atom. The standard InChI is InChI=1S/C32H23ClS/c1-3-9-22-23-16-17-27-30(31(23)34-29(22)4-2)24-15-14-19(33)18-28(24)32(27)25-12-7-5-10-20(25)21-11-6-8-13-26(21)32/h3,5-18H,4H2,1-2H3/b9-3-. The zero-order chi connectivity index (χ0) is 23.0. The number of thiophene rings is 1. The average Bonchev–Trinajstić information content (AvgIpc) is 3.48. The van der Waals surface area contributed by atoms with Crippen molar-refractivity contribution >= 4 is 39.1 Å². The van der Waals surface area contributed by atoms with Crippen molar-refractivity contribution in [1.82, 2.24) is 0 Å². The van der Waals surface area contributed by atoms with E-state index in [2.05, 4.69) is 105 Å². The Kier molecular flexibility index (Phi) is 4.28. The van der Waals surface area contributed by atoms with Crippen LogP contribution in [-0.2, 0) is 11.8 Å². The Hall–Kier alpha value is -3.13. The van der Waals surface area contributed by atoms with Crippen LogP contribution in [0.4, 0.5) is 0 Å². The fraction of sp³-hybridized carbons (Fsp3) is 0.125. The molecule has 0 atom stereocenters. The van der Waals surface area contributed by atoms with Gasteiger partial charge in [-0.05, 0) is 70.0 Å². The van der Waals surface area contributed by atoms with Crippen LogP contribution in [0, 0.1) is 0 Å². The molecule has 4 aromatic carbocycles. The van der Waals surface area contributed by atoms with Crippen LogP contribution in [0.15, 0.2) is 84.9 Å². The van der Waals surface area contributed by atoms with E-state index < -0.39 is 0 Å². The molecule has 1 aromatic heterocycles. The molecule has 1 spiro atoms. The van der Waals surface area contributed by atoms with E-state index in [1.54, 1.807) is 0 Å². The van der Waals surface area contributed by atoms with Crippen molar-refractivity contribution in [3.05, 3.63) is 123 Å². The molecular weight excluding hydrogens is 452 g/mol. The quantitative estimate of drug-likeness (QED) is 0.234. The molecule has 0 aliphatic heterocycles. The van der Waals surface area contributed by atoms with E-state index in [1.807, 2.05) is 11.3 Å². The van der Waals surface area contributed by atoms with E-state index in [0.717, 1.165) is 11.4 Å². The number of benzene rings is 4. The zero-order valence-electron chi connectivity index (χ0n) is 19.2. The fourth-order valence-electron chi connectivity index (χ4n) is 6.43. The number of rotatable bonds is 2. The molecule has 0 unspecified atom stereocenters. The molecule has 0 fully saturated rings. The van der Waals surface area contributed by atoms with Crippen molar-refractivity contribution in [3.63, 3.8) is 0 Å². The van der Waals surface area contributed by atoms with Crippen LogP contribution < -0.4 is 0 Å².